The van der Waals surface area contributed by atoms with Gasteiger partial charge in [0.2, 0.25) is 0 Å². The number of hydrogen-bond donors (Lipinski definition) is 1. The maximum atomic E-state index is 15.4. The van der Waals surface area contributed by atoms with Gasteiger partial charge in [0, 0.05) is 119 Å². The van der Waals surface area contributed by atoms with Gasteiger partial charge in [-0.2, -0.15) is 0 Å². The molecule has 0 saturated heterocycles. The zero-order valence-corrected chi connectivity index (χ0v) is 73.8. The van der Waals surface area contributed by atoms with Gasteiger partial charge in [0.05, 0.1) is 54.2 Å². The quantitative estimate of drug-likeness (QED) is 0.00779. The standard InChI is InChI=1S/C110H87N3O20/c1-7-11-50-128-107(124)79-42-33-70-68-31-39-76-93-77(40-32-69(90(68)93)71-34-43-80(95(79)91(70)71)108(125)129-51-12-8-2)105(122)113(104(76)121)48-45-58-17-21-60(22-18-58)132-84-54-82-94-78(101(118)111(106(82)123)47-15-16-86(116)117)41-35-72-98-85(55-83(110(127)131-53-14-10-4)96-81(109(126)130-52-13-9-3)44-36-73(100(96)98)97(84)99(72)94)133-61-23-19-59(20-24-61)46-49-112-102(119)74-37-29-66-64-27-25-62(56(5)114)87-63(57(6)115)26-28-65(88(64)87)67-30-38-75(103(112)120)92(74)89(66)67/h17-44,54-55H,7-16,45-53H2,1-6H3,(H,116,117). The van der Waals surface area contributed by atoms with E-state index in [-0.39, 0.29) is 150 Å². The molecule has 0 radical (unpaired) electrons. The van der Waals surface area contributed by atoms with Crippen LogP contribution in [0.15, 0.2) is 182 Å². The first-order valence-corrected chi connectivity index (χ1v) is 45.2. The molecule has 662 valence electrons. The number of rotatable bonds is 32. The third-order valence-corrected chi connectivity index (χ3v) is 26.6. The first-order valence-electron chi connectivity index (χ1n) is 45.2. The largest absolute Gasteiger partial charge is 0.481 e. The van der Waals surface area contributed by atoms with Crippen LogP contribution in [0.2, 0.25) is 0 Å². The maximum Gasteiger partial charge on any atom is 0.338 e. The number of ether oxygens (including phenoxy) is 6. The number of fused-ring (bicyclic) bond motifs is 6. The summed E-state index contributed by atoms with van der Waals surface area (Å²) in [6, 6.07) is 52.0. The van der Waals surface area contributed by atoms with Crippen molar-refractivity contribution in [3.63, 3.8) is 0 Å². The van der Waals surface area contributed by atoms with Gasteiger partial charge in [0.15, 0.2) is 11.6 Å². The molecule has 0 bridgehead atoms. The van der Waals surface area contributed by atoms with Crippen molar-refractivity contribution in [2.45, 2.75) is 119 Å². The van der Waals surface area contributed by atoms with Gasteiger partial charge in [-0.25, -0.2) is 19.2 Å². The number of unbranched alkanes of at least 4 members (excludes halogenated alkanes) is 4. The topological polar surface area (TPSA) is 307 Å². The van der Waals surface area contributed by atoms with Crippen LogP contribution in [0.4, 0.5) is 0 Å². The van der Waals surface area contributed by atoms with E-state index in [4.69, 9.17) is 28.4 Å². The van der Waals surface area contributed by atoms with Gasteiger partial charge in [-0.1, -0.05) is 150 Å². The zero-order chi connectivity index (χ0) is 92.4. The summed E-state index contributed by atoms with van der Waals surface area (Å²) in [7, 11) is 0. The second-order valence-electron chi connectivity index (χ2n) is 34.5. The molecule has 0 unspecified atom stereocenters. The molecule has 23 heteroatoms. The SMILES string of the molecule is CCCCOC(=O)c1ccc2c3ccc4c5c(ccc(c6ccc(C(=O)OCCCC)c1c26)c53)C(=O)N(CCc1ccc(Oc2cc3c5c(ccc6c7c(Oc8ccc(CCN9C(=O)c%10ccc%11c%12ccc(C(C)=O)c%13c(C(C)=O)ccc(c%14ccc(c%10c%11%14)C9=O)c%13%12)cc8)cc(C(=O)OCCCC)c8c(C(=O)OCCCC)ccc(c2c56)c87)C(=O)N(CCCC(=O)O)C3=O)cc1)C4=O. The van der Waals surface area contributed by atoms with Crippen LogP contribution >= 0.6 is 0 Å². The van der Waals surface area contributed by atoms with Gasteiger partial charge in [-0.3, -0.25) is 57.9 Å². The molecule has 0 fully saturated rings. The molecule has 20 rings (SSSR count). The average Bonchev–Trinajstić information content (AvgIpc) is 0.601. The number of imide groups is 3. The Morgan fingerprint density at radius 3 is 0.902 bits per heavy atom. The summed E-state index contributed by atoms with van der Waals surface area (Å²) >= 11 is 0. The van der Waals surface area contributed by atoms with Crippen LogP contribution in [-0.4, -0.2) is 143 Å². The van der Waals surface area contributed by atoms with Crippen LogP contribution in [-0.2, 0) is 36.6 Å². The van der Waals surface area contributed by atoms with Crippen LogP contribution in [0.1, 0.15) is 241 Å². The Morgan fingerprint density at radius 2 is 0.549 bits per heavy atom. The fraction of sp³-hybridized carbons (Fsp3) is 0.227. The van der Waals surface area contributed by atoms with Gasteiger partial charge < -0.3 is 33.5 Å². The van der Waals surface area contributed by atoms with E-state index in [0.717, 1.165) is 50.1 Å². The van der Waals surface area contributed by atoms with Gasteiger partial charge in [-0.05, 0) is 230 Å². The lowest BCUT2D eigenvalue weighted by atomic mass is 9.82. The van der Waals surface area contributed by atoms with Crippen LogP contribution < -0.4 is 9.47 Å². The predicted octanol–water partition coefficient (Wildman–Crippen LogP) is 22.8. The van der Waals surface area contributed by atoms with Crippen molar-refractivity contribution in [1.29, 1.82) is 0 Å². The van der Waals surface area contributed by atoms with Crippen LogP contribution in [0, 0.1) is 0 Å². The fourth-order valence-electron chi connectivity index (χ4n) is 20.2. The summed E-state index contributed by atoms with van der Waals surface area (Å²) in [6.45, 7) is 11.0. The normalized spacial score (nSPS) is 13.3. The second kappa shape index (κ2) is 34.0. The third-order valence-electron chi connectivity index (χ3n) is 26.6. The molecule has 17 aromatic rings. The van der Waals surface area contributed by atoms with Crippen molar-refractivity contribution in [3.05, 3.63) is 260 Å². The maximum absolute atomic E-state index is 15.4. The molecule has 23 nitrogen and oxygen atoms in total. The highest BCUT2D eigenvalue weighted by Crippen LogP contribution is 2.55. The van der Waals surface area contributed by atoms with Crippen LogP contribution in [0.3, 0.4) is 0 Å². The third kappa shape index (κ3) is 13.9. The van der Waals surface area contributed by atoms with Crippen molar-refractivity contribution >= 4 is 206 Å². The number of carbonyl (C=O) groups excluding carboxylic acids is 12. The Hall–Kier alpha value is -15.7. The lowest BCUT2D eigenvalue weighted by Crippen LogP contribution is -2.41. The van der Waals surface area contributed by atoms with Crippen molar-refractivity contribution in [1.82, 2.24) is 14.7 Å². The minimum absolute atomic E-state index is 0.0135. The number of carbonyl (C=O) groups is 13. The Balaban J connectivity index is 0.646. The van der Waals surface area contributed by atoms with Gasteiger partial charge in [-0.15, -0.1) is 0 Å². The van der Waals surface area contributed by atoms with E-state index < -0.39 is 65.3 Å². The number of carboxylic acid groups (broad SMARTS) is 1. The molecule has 6 amide bonds. The molecule has 3 aliphatic heterocycles. The van der Waals surface area contributed by atoms with Crippen LogP contribution in [0.25, 0.3) is 129 Å². The number of hydrogen-bond acceptors (Lipinski definition) is 19. The Bertz CT molecular complexity index is 7760. The van der Waals surface area contributed by atoms with E-state index in [1.807, 2.05) is 76.2 Å². The number of nitrogens with zero attached hydrogens (tertiary/aromatic N) is 3. The number of ketones is 2. The van der Waals surface area contributed by atoms with Crippen molar-refractivity contribution in [2.24, 2.45) is 0 Å². The average molecular weight is 1770 g/mol. The van der Waals surface area contributed by atoms with Gasteiger partial charge in [0.25, 0.3) is 35.4 Å². The first kappa shape index (κ1) is 85.4. The Labute approximate surface area is 759 Å². The minimum atomic E-state index is -1.12. The summed E-state index contributed by atoms with van der Waals surface area (Å²) < 4.78 is 37.7. The summed E-state index contributed by atoms with van der Waals surface area (Å²) in [6.07, 6.45) is 5.37. The van der Waals surface area contributed by atoms with Gasteiger partial charge >= 0.3 is 29.8 Å². The molecule has 133 heavy (non-hydrogen) atoms. The number of esters is 4. The zero-order valence-electron chi connectivity index (χ0n) is 73.8. The molecule has 17 aromatic carbocycles. The highest BCUT2D eigenvalue weighted by Gasteiger charge is 2.41. The molecule has 0 spiro atoms. The smallest absolute Gasteiger partial charge is 0.338 e. The highest BCUT2D eigenvalue weighted by molar-refractivity contribution is 6.45. The molecule has 0 aromatic heterocycles. The molecular formula is C110H87N3O20. The highest BCUT2D eigenvalue weighted by atomic mass is 16.5. The van der Waals surface area contributed by atoms with Crippen LogP contribution in [0.5, 0.6) is 23.0 Å². The Kier molecular flexibility index (Phi) is 21.9. The van der Waals surface area contributed by atoms with E-state index in [1.165, 1.54) is 29.7 Å². The minimum Gasteiger partial charge on any atom is -0.481 e. The monoisotopic (exact) mass is 1770 g/mol. The lowest BCUT2D eigenvalue weighted by Gasteiger charge is -2.30. The molecule has 0 aliphatic carbocycles. The summed E-state index contributed by atoms with van der Waals surface area (Å²) in [5.74, 6) is -6.81. The predicted molar refractivity (Wildman–Crippen MR) is 507 cm³/mol. The molecule has 3 heterocycles. The summed E-state index contributed by atoms with van der Waals surface area (Å²) in [5, 5.41) is 23.0. The number of amides is 6. The van der Waals surface area contributed by atoms with E-state index in [1.54, 1.807) is 127 Å². The van der Waals surface area contributed by atoms with E-state index in [9.17, 15) is 43.5 Å². The number of benzene rings is 17. The second-order valence-corrected chi connectivity index (χ2v) is 34.5. The summed E-state index contributed by atoms with van der Waals surface area (Å²) in [4.78, 5) is 190. The number of aliphatic carboxylic acids is 1. The molecular weight excluding hydrogens is 1680 g/mol. The van der Waals surface area contributed by atoms with Crippen molar-refractivity contribution in [3.8, 4) is 23.0 Å². The summed E-state index contributed by atoms with van der Waals surface area (Å²) in [5.41, 5.74) is 4.15. The van der Waals surface area contributed by atoms with Gasteiger partial charge in [0.1, 0.15) is 23.0 Å². The van der Waals surface area contributed by atoms with Crippen molar-refractivity contribution in [2.75, 3.05) is 46.1 Å². The van der Waals surface area contributed by atoms with Crippen molar-refractivity contribution < 1.29 is 95.9 Å². The molecule has 0 atom stereocenters. The number of carboxylic acids is 1. The molecule has 1 N–H and O–H groups in total. The number of Topliss-reactive ketones (excluding diaryl/α,β-unsaturated/α-hetero) is 2. The van der Waals surface area contributed by atoms with E-state index in [0.29, 0.717) is 169 Å². The fourth-order valence-corrected chi connectivity index (χ4v) is 20.2. The molecule has 0 saturated carbocycles. The molecule has 3 aliphatic rings. The first-order chi connectivity index (χ1) is 64.5. The lowest BCUT2D eigenvalue weighted by molar-refractivity contribution is -0.137. The Morgan fingerprint density at radius 1 is 0.271 bits per heavy atom. The van der Waals surface area contributed by atoms with E-state index >= 15 is 24.0 Å². The van der Waals surface area contributed by atoms with E-state index in [2.05, 4.69) is 0 Å².